The number of aromatic amines is 1. The highest BCUT2D eigenvalue weighted by Gasteiger charge is 2.19. The number of carbonyl (C=O) groups is 1. The number of H-pyrrole nitrogens is 1. The molecule has 0 aliphatic carbocycles. The molecule has 1 aromatic carbocycles. The Kier molecular flexibility index (Phi) is 4.85. The fourth-order valence-corrected chi connectivity index (χ4v) is 2.74. The zero-order chi connectivity index (χ0) is 18.0. The van der Waals surface area contributed by atoms with Crippen molar-refractivity contribution in [3.05, 3.63) is 41.4 Å². The average Bonchev–Trinajstić information content (AvgIpc) is 3.03. The second-order valence-corrected chi connectivity index (χ2v) is 5.94. The van der Waals surface area contributed by atoms with Crippen molar-refractivity contribution in [2.45, 2.75) is 19.4 Å². The van der Waals surface area contributed by atoms with E-state index < -0.39 is 11.9 Å². The monoisotopic (exact) mass is 361 g/mol. The molecule has 0 bridgehead atoms. The summed E-state index contributed by atoms with van der Waals surface area (Å²) in [5, 5.41) is 6.80. The highest BCUT2D eigenvalue weighted by Crippen LogP contribution is 2.29. The number of aromatic nitrogens is 3. The second kappa shape index (κ2) is 7.06. The molecule has 0 aliphatic rings. The van der Waals surface area contributed by atoms with Gasteiger partial charge in [0.05, 0.1) is 6.20 Å². The van der Waals surface area contributed by atoms with E-state index in [9.17, 15) is 9.18 Å². The molecule has 0 radical (unpaired) electrons. The van der Waals surface area contributed by atoms with Crippen LogP contribution in [0.5, 0.6) is 0 Å². The molecule has 8 heteroatoms. The molecule has 1 atom stereocenters. The Morgan fingerprint density at radius 3 is 2.96 bits per heavy atom. The van der Waals surface area contributed by atoms with E-state index in [0.29, 0.717) is 22.8 Å². The minimum atomic E-state index is -0.621. The summed E-state index contributed by atoms with van der Waals surface area (Å²) in [5.41, 5.74) is 1.58. The third kappa shape index (κ3) is 3.41. The summed E-state index contributed by atoms with van der Waals surface area (Å²) < 4.78 is 14.1. The van der Waals surface area contributed by atoms with Crippen molar-refractivity contribution in [3.8, 4) is 11.4 Å². The summed E-state index contributed by atoms with van der Waals surface area (Å²) in [6.45, 7) is 1.83. The molecule has 0 aliphatic heterocycles. The maximum atomic E-state index is 14.1. The molecule has 3 rings (SSSR count). The van der Waals surface area contributed by atoms with Gasteiger partial charge >= 0.3 is 0 Å². The Labute approximate surface area is 148 Å². The lowest BCUT2D eigenvalue weighted by atomic mass is 10.1. The SMILES string of the molecule is CC[C@H](Nc1nc(-c2c[nH]c3ccc(Cl)cc23)ncc1F)C(=O)NC. The Morgan fingerprint density at radius 1 is 1.44 bits per heavy atom. The van der Waals surface area contributed by atoms with Gasteiger partial charge in [0.2, 0.25) is 5.91 Å². The van der Waals surface area contributed by atoms with Crippen LogP contribution < -0.4 is 10.6 Å². The standard InChI is InChI=1S/C17H17ClFN5O/c1-3-13(17(25)20-2)23-16-12(19)8-22-15(24-16)11-7-21-14-5-4-9(18)6-10(11)14/h4-8,13,21H,3H2,1-2H3,(H,20,25)(H,22,23,24)/t13-/m0/s1. The molecule has 0 fully saturated rings. The van der Waals surface area contributed by atoms with Crippen molar-refractivity contribution >= 4 is 34.2 Å². The molecule has 0 unspecified atom stereocenters. The number of halogens is 2. The predicted molar refractivity (Wildman–Crippen MR) is 96.1 cm³/mol. The number of likely N-dealkylation sites (N-methyl/N-ethyl adjacent to an activating group) is 1. The largest absolute Gasteiger partial charge is 0.360 e. The van der Waals surface area contributed by atoms with Gasteiger partial charge in [0, 0.05) is 34.7 Å². The lowest BCUT2D eigenvalue weighted by Crippen LogP contribution is -2.37. The van der Waals surface area contributed by atoms with Crippen molar-refractivity contribution in [2.75, 3.05) is 12.4 Å². The van der Waals surface area contributed by atoms with Crippen LogP contribution in [-0.2, 0) is 4.79 Å². The van der Waals surface area contributed by atoms with Crippen molar-refractivity contribution in [2.24, 2.45) is 0 Å². The number of hydrogen-bond donors (Lipinski definition) is 3. The number of carbonyl (C=O) groups excluding carboxylic acids is 1. The van der Waals surface area contributed by atoms with Crippen LogP contribution in [0.1, 0.15) is 13.3 Å². The first kappa shape index (κ1) is 17.2. The zero-order valence-corrected chi connectivity index (χ0v) is 14.5. The average molecular weight is 362 g/mol. The summed E-state index contributed by atoms with van der Waals surface area (Å²) in [5.74, 6) is -0.536. The number of benzene rings is 1. The number of amides is 1. The topological polar surface area (TPSA) is 82.7 Å². The first-order valence-corrected chi connectivity index (χ1v) is 8.19. The molecule has 3 N–H and O–H groups in total. The van der Waals surface area contributed by atoms with Crippen molar-refractivity contribution in [1.82, 2.24) is 20.3 Å². The highest BCUT2D eigenvalue weighted by atomic mass is 35.5. The number of hydrogen-bond acceptors (Lipinski definition) is 4. The van der Waals surface area contributed by atoms with Gasteiger partial charge in [0.1, 0.15) is 6.04 Å². The molecule has 2 heterocycles. The van der Waals surface area contributed by atoms with Crippen LogP contribution in [0.2, 0.25) is 5.02 Å². The maximum Gasteiger partial charge on any atom is 0.242 e. The van der Waals surface area contributed by atoms with Gasteiger partial charge in [0.25, 0.3) is 0 Å². The fourth-order valence-electron chi connectivity index (χ4n) is 2.57. The van der Waals surface area contributed by atoms with Crippen LogP contribution in [0.3, 0.4) is 0 Å². The molecule has 2 aromatic heterocycles. The Bertz CT molecular complexity index is 927. The molecular formula is C17H17ClFN5O. The molecule has 25 heavy (non-hydrogen) atoms. The Hall–Kier alpha value is -2.67. The normalized spacial score (nSPS) is 12.2. The van der Waals surface area contributed by atoms with E-state index in [4.69, 9.17) is 11.6 Å². The molecule has 0 saturated carbocycles. The Morgan fingerprint density at radius 2 is 2.24 bits per heavy atom. The van der Waals surface area contributed by atoms with E-state index in [-0.39, 0.29) is 11.7 Å². The van der Waals surface area contributed by atoms with E-state index in [1.165, 1.54) is 7.05 Å². The van der Waals surface area contributed by atoms with Crippen LogP contribution in [0.4, 0.5) is 10.2 Å². The number of fused-ring (bicyclic) bond motifs is 1. The highest BCUT2D eigenvalue weighted by molar-refractivity contribution is 6.31. The number of nitrogens with zero attached hydrogens (tertiary/aromatic N) is 2. The van der Waals surface area contributed by atoms with Gasteiger partial charge in [-0.2, -0.15) is 0 Å². The molecule has 6 nitrogen and oxygen atoms in total. The van der Waals surface area contributed by atoms with Gasteiger partial charge < -0.3 is 15.6 Å². The fraction of sp³-hybridized carbons (Fsp3) is 0.235. The minimum absolute atomic E-state index is 0.0168. The van der Waals surface area contributed by atoms with Gasteiger partial charge in [0.15, 0.2) is 17.5 Å². The summed E-state index contributed by atoms with van der Waals surface area (Å²) in [6.07, 6.45) is 3.32. The molecule has 1 amide bonds. The Balaban J connectivity index is 2.01. The smallest absolute Gasteiger partial charge is 0.242 e. The van der Waals surface area contributed by atoms with Crippen molar-refractivity contribution in [1.29, 1.82) is 0 Å². The van der Waals surface area contributed by atoms with Crippen LogP contribution in [-0.4, -0.2) is 33.9 Å². The third-order valence-electron chi connectivity index (χ3n) is 3.91. The maximum absolute atomic E-state index is 14.1. The van der Waals surface area contributed by atoms with Gasteiger partial charge in [-0.25, -0.2) is 14.4 Å². The number of anilines is 1. The van der Waals surface area contributed by atoms with E-state index in [1.807, 2.05) is 13.0 Å². The third-order valence-corrected chi connectivity index (χ3v) is 4.15. The van der Waals surface area contributed by atoms with E-state index in [2.05, 4.69) is 25.6 Å². The summed E-state index contributed by atoms with van der Waals surface area (Å²) >= 11 is 6.06. The molecule has 0 saturated heterocycles. The molecule has 0 spiro atoms. The van der Waals surface area contributed by atoms with Crippen LogP contribution in [0.15, 0.2) is 30.6 Å². The van der Waals surface area contributed by atoms with Crippen LogP contribution in [0.25, 0.3) is 22.3 Å². The van der Waals surface area contributed by atoms with Crippen LogP contribution >= 0.6 is 11.6 Å². The molecule has 3 aromatic rings. The van der Waals surface area contributed by atoms with Crippen molar-refractivity contribution < 1.29 is 9.18 Å². The lowest BCUT2D eigenvalue weighted by Gasteiger charge is -2.16. The van der Waals surface area contributed by atoms with E-state index in [0.717, 1.165) is 17.1 Å². The number of rotatable bonds is 5. The van der Waals surface area contributed by atoms with E-state index in [1.54, 1.807) is 18.3 Å². The first-order valence-electron chi connectivity index (χ1n) is 7.81. The quantitative estimate of drug-likeness (QED) is 0.650. The molecule has 130 valence electrons. The first-order chi connectivity index (χ1) is 12.0. The summed E-state index contributed by atoms with van der Waals surface area (Å²) in [4.78, 5) is 23.3. The predicted octanol–water partition coefficient (Wildman–Crippen LogP) is 3.35. The van der Waals surface area contributed by atoms with Gasteiger partial charge in [-0.1, -0.05) is 18.5 Å². The number of nitrogens with one attached hydrogen (secondary N) is 3. The minimum Gasteiger partial charge on any atom is -0.360 e. The summed E-state index contributed by atoms with van der Waals surface area (Å²) in [7, 11) is 1.53. The molecular weight excluding hydrogens is 345 g/mol. The zero-order valence-electron chi connectivity index (χ0n) is 13.7. The van der Waals surface area contributed by atoms with Gasteiger partial charge in [-0.3, -0.25) is 4.79 Å². The lowest BCUT2D eigenvalue weighted by molar-refractivity contribution is -0.121. The second-order valence-electron chi connectivity index (χ2n) is 5.50. The van der Waals surface area contributed by atoms with Gasteiger partial charge in [-0.15, -0.1) is 0 Å². The van der Waals surface area contributed by atoms with E-state index >= 15 is 0 Å². The van der Waals surface area contributed by atoms with Gasteiger partial charge in [-0.05, 0) is 24.6 Å². The van der Waals surface area contributed by atoms with Crippen molar-refractivity contribution in [3.63, 3.8) is 0 Å². The summed E-state index contributed by atoms with van der Waals surface area (Å²) in [6, 6.07) is 4.84. The van der Waals surface area contributed by atoms with Crippen LogP contribution in [0, 0.1) is 5.82 Å².